The first kappa shape index (κ1) is 17.3. The number of nitrogens with zero attached hydrogens (tertiary/aromatic N) is 1. The fourth-order valence-electron chi connectivity index (χ4n) is 1.76. The molecule has 4 N–H and O–H groups in total. The number of nitro groups is 1. The van der Waals surface area contributed by atoms with Crippen molar-refractivity contribution in [3.63, 3.8) is 0 Å². The molecule has 2 rings (SSSR count). The number of benzene rings is 1. The summed E-state index contributed by atoms with van der Waals surface area (Å²) in [6, 6.07) is 6.62. The molecule has 0 bridgehead atoms. The molecule has 0 spiro atoms. The first-order valence-corrected chi connectivity index (χ1v) is 7.44. The highest BCUT2D eigenvalue weighted by Crippen LogP contribution is 2.23. The van der Waals surface area contributed by atoms with Crippen LogP contribution in [0.15, 0.2) is 24.3 Å². The molecule has 1 aliphatic heterocycles. The van der Waals surface area contributed by atoms with Crippen LogP contribution in [0.25, 0.3) is 0 Å². The molecule has 1 aromatic rings. The van der Waals surface area contributed by atoms with Crippen molar-refractivity contribution in [2.24, 2.45) is 5.14 Å². The summed E-state index contributed by atoms with van der Waals surface area (Å²) in [5, 5.41) is 21.1. The maximum Gasteiger partial charge on any atom is 0.292 e. The summed E-state index contributed by atoms with van der Waals surface area (Å²) < 4.78 is 23.1. The van der Waals surface area contributed by atoms with Crippen LogP contribution in [0.3, 0.4) is 0 Å². The summed E-state index contributed by atoms with van der Waals surface area (Å²) in [6.07, 6.45) is 0.0589. The molecule has 0 saturated carbocycles. The molecule has 0 aromatic heterocycles. The summed E-state index contributed by atoms with van der Waals surface area (Å²) in [4.78, 5) is 10.4. The van der Waals surface area contributed by atoms with E-state index >= 15 is 0 Å². The van der Waals surface area contributed by atoms with Gasteiger partial charge >= 0.3 is 0 Å². The van der Waals surface area contributed by atoms with Gasteiger partial charge in [0.05, 0.1) is 17.6 Å². The molecule has 0 amide bonds. The Bertz CT molecular complexity index is 523. The molecule has 21 heavy (non-hydrogen) atoms. The second-order valence-corrected chi connectivity index (χ2v) is 4.71. The molecule has 1 fully saturated rings. The van der Waals surface area contributed by atoms with Gasteiger partial charge in [-0.1, -0.05) is 12.1 Å². The molecule has 0 aliphatic carbocycles. The Balaban J connectivity index is 0.000000491. The predicted molar refractivity (Wildman–Crippen MR) is 78.7 cm³/mol. The molecule has 118 valence electrons. The Morgan fingerprint density at radius 1 is 1.48 bits per heavy atom. The zero-order chi connectivity index (χ0) is 15.7. The number of nitro benzene ring substituents is 1. The smallest absolute Gasteiger partial charge is 0.292 e. The van der Waals surface area contributed by atoms with Crippen molar-refractivity contribution >= 4 is 22.3 Å². The number of ether oxygens (including phenoxy) is 1. The summed E-state index contributed by atoms with van der Waals surface area (Å²) in [5.41, 5.74) is 0.628. The van der Waals surface area contributed by atoms with Crippen LogP contribution in [0.4, 0.5) is 11.4 Å². The van der Waals surface area contributed by atoms with Crippen molar-refractivity contribution in [3.05, 3.63) is 34.4 Å². The van der Waals surface area contributed by atoms with Crippen molar-refractivity contribution in [2.45, 2.75) is 6.10 Å². The normalized spacial score (nSPS) is 17.7. The number of hydrogen-bond donors (Lipinski definition) is 4. The van der Waals surface area contributed by atoms with Crippen LogP contribution < -0.4 is 15.8 Å². The van der Waals surface area contributed by atoms with Gasteiger partial charge in [-0.25, -0.2) is 13.6 Å². The van der Waals surface area contributed by atoms with E-state index in [1.807, 2.05) is 0 Å². The van der Waals surface area contributed by atoms with Gasteiger partial charge in [-0.15, -0.1) is 0 Å². The number of thiol groups is 1. The number of nitrogens with two attached hydrogens (primary N) is 1. The average molecular weight is 318 g/mol. The quantitative estimate of drug-likeness (QED) is 0.332. The number of anilines is 1. The monoisotopic (exact) mass is 318 g/mol. The number of nitrogens with one attached hydrogen (secondary N) is 2. The molecular formula is C11H18N4O5S. The zero-order valence-electron chi connectivity index (χ0n) is 11.2. The van der Waals surface area contributed by atoms with Gasteiger partial charge in [-0.2, -0.15) is 0 Å². The molecule has 1 aliphatic rings. The molecule has 10 heteroatoms. The lowest BCUT2D eigenvalue weighted by molar-refractivity contribution is -0.384. The van der Waals surface area contributed by atoms with E-state index in [1.165, 1.54) is 6.07 Å². The highest BCUT2D eigenvalue weighted by molar-refractivity contribution is 7.69. The van der Waals surface area contributed by atoms with Crippen molar-refractivity contribution in [3.8, 4) is 0 Å². The lowest BCUT2D eigenvalue weighted by atomic mass is 10.2. The van der Waals surface area contributed by atoms with Crippen molar-refractivity contribution in [2.75, 3.05) is 31.6 Å². The van der Waals surface area contributed by atoms with E-state index in [9.17, 15) is 10.1 Å². The SMILES string of the molecule is N[SH](=O)=O.O=[N+]([O-])c1ccccc1NC[C@H]1CNCCO1. The fraction of sp³-hybridized carbons (Fsp3) is 0.455. The summed E-state index contributed by atoms with van der Waals surface area (Å²) >= 11 is 0. The first-order valence-electron chi connectivity index (χ1n) is 6.19. The largest absolute Gasteiger partial charge is 0.377 e. The highest BCUT2D eigenvalue weighted by atomic mass is 32.2. The van der Waals surface area contributed by atoms with E-state index in [-0.39, 0.29) is 16.7 Å². The molecule has 1 aromatic carbocycles. The molecule has 0 radical (unpaired) electrons. The van der Waals surface area contributed by atoms with Crippen LogP contribution >= 0.6 is 0 Å². The number of rotatable bonds is 4. The van der Waals surface area contributed by atoms with E-state index in [0.717, 1.165) is 13.1 Å². The Kier molecular flexibility index (Phi) is 7.61. The Morgan fingerprint density at radius 3 is 2.71 bits per heavy atom. The minimum atomic E-state index is -2.62. The summed E-state index contributed by atoms with van der Waals surface area (Å²) in [5.74, 6) is 0. The minimum absolute atomic E-state index is 0.0589. The van der Waals surface area contributed by atoms with Gasteiger partial charge in [0.25, 0.3) is 5.69 Å². The van der Waals surface area contributed by atoms with Gasteiger partial charge in [0.1, 0.15) is 5.69 Å². The average Bonchev–Trinajstić information content (AvgIpc) is 2.46. The standard InChI is InChI=1S/C11H15N3O3.H3NO2S/c15-14(16)11-4-2-1-3-10(11)13-8-9-7-12-5-6-17-9;1-4(2)3/h1-4,9,12-13H,5-8H2;4H,(H2,1,2,3)/t9-;/m1./s1. The van der Waals surface area contributed by atoms with Gasteiger partial charge in [-0.3, -0.25) is 10.1 Å². The van der Waals surface area contributed by atoms with Gasteiger partial charge in [0.2, 0.25) is 0 Å². The molecule has 0 unspecified atom stereocenters. The number of para-hydroxylation sites is 2. The van der Waals surface area contributed by atoms with Crippen molar-refractivity contribution in [1.29, 1.82) is 0 Å². The molecule has 1 heterocycles. The van der Waals surface area contributed by atoms with Gasteiger partial charge in [0, 0.05) is 25.7 Å². The predicted octanol–water partition coefficient (Wildman–Crippen LogP) is -0.533. The lowest BCUT2D eigenvalue weighted by Gasteiger charge is -2.24. The van der Waals surface area contributed by atoms with Crippen molar-refractivity contribution in [1.82, 2.24) is 5.32 Å². The first-order chi connectivity index (χ1) is 10.0. The van der Waals surface area contributed by atoms with E-state index < -0.39 is 10.9 Å². The second kappa shape index (κ2) is 9.23. The number of hydrogen-bond acceptors (Lipinski definition) is 7. The maximum atomic E-state index is 10.8. The Morgan fingerprint density at radius 2 is 2.14 bits per heavy atom. The van der Waals surface area contributed by atoms with Crippen LogP contribution in [0.1, 0.15) is 0 Å². The summed E-state index contributed by atoms with van der Waals surface area (Å²) in [7, 11) is -2.62. The van der Waals surface area contributed by atoms with Gasteiger partial charge < -0.3 is 15.4 Å². The maximum absolute atomic E-state index is 10.8. The van der Waals surface area contributed by atoms with Crippen LogP contribution in [-0.4, -0.2) is 45.7 Å². The lowest BCUT2D eigenvalue weighted by Crippen LogP contribution is -2.42. The fourth-order valence-corrected chi connectivity index (χ4v) is 1.76. The third-order valence-electron chi connectivity index (χ3n) is 2.63. The van der Waals surface area contributed by atoms with Crippen molar-refractivity contribution < 1.29 is 18.1 Å². The van der Waals surface area contributed by atoms with Crippen LogP contribution in [0.5, 0.6) is 0 Å². The topological polar surface area (TPSA) is 137 Å². The van der Waals surface area contributed by atoms with E-state index in [1.54, 1.807) is 18.2 Å². The van der Waals surface area contributed by atoms with E-state index in [4.69, 9.17) is 13.2 Å². The molecule has 9 nitrogen and oxygen atoms in total. The minimum Gasteiger partial charge on any atom is -0.377 e. The number of morpholine rings is 1. The third kappa shape index (κ3) is 6.99. The van der Waals surface area contributed by atoms with Crippen LogP contribution in [0.2, 0.25) is 0 Å². The second-order valence-electron chi connectivity index (χ2n) is 4.14. The van der Waals surface area contributed by atoms with Gasteiger partial charge in [-0.05, 0) is 6.07 Å². The third-order valence-corrected chi connectivity index (χ3v) is 2.63. The Labute approximate surface area is 123 Å². The zero-order valence-corrected chi connectivity index (χ0v) is 12.1. The van der Waals surface area contributed by atoms with E-state index in [2.05, 4.69) is 15.8 Å². The van der Waals surface area contributed by atoms with E-state index in [0.29, 0.717) is 18.8 Å². The highest BCUT2D eigenvalue weighted by Gasteiger charge is 2.16. The van der Waals surface area contributed by atoms with Gasteiger partial charge in [0.15, 0.2) is 10.9 Å². The van der Waals surface area contributed by atoms with Crippen LogP contribution in [0, 0.1) is 10.1 Å². The van der Waals surface area contributed by atoms with Crippen LogP contribution in [-0.2, 0) is 15.6 Å². The summed E-state index contributed by atoms with van der Waals surface area (Å²) in [6.45, 7) is 2.89. The Hall–Kier alpha value is -1.75. The molecule has 1 saturated heterocycles. The molecular weight excluding hydrogens is 300 g/mol. The molecule has 1 atom stereocenters.